The molecule has 4 N–H and O–H groups in total. The highest BCUT2D eigenvalue weighted by atomic mass is 32.2. The first kappa shape index (κ1) is 14.1. The lowest BCUT2D eigenvalue weighted by Crippen LogP contribution is -2.41. The first-order valence-electron chi connectivity index (χ1n) is 4.69. The van der Waals surface area contributed by atoms with Gasteiger partial charge in [-0.2, -0.15) is 12.7 Å². The zero-order valence-electron chi connectivity index (χ0n) is 8.97. The van der Waals surface area contributed by atoms with Gasteiger partial charge >= 0.3 is 0 Å². The number of oxime groups is 1. The van der Waals surface area contributed by atoms with Crippen LogP contribution < -0.4 is 10.5 Å². The summed E-state index contributed by atoms with van der Waals surface area (Å²) in [7, 11) is -3.44. The van der Waals surface area contributed by atoms with Crippen molar-refractivity contribution in [3.05, 3.63) is 0 Å². The number of hydrogen-bond donors (Lipinski definition) is 3. The molecule has 0 amide bonds. The van der Waals surface area contributed by atoms with Crippen molar-refractivity contribution in [3.63, 3.8) is 0 Å². The molecule has 0 heterocycles. The highest BCUT2D eigenvalue weighted by Crippen LogP contribution is 1.98. The van der Waals surface area contributed by atoms with Gasteiger partial charge in [0.05, 0.1) is 0 Å². The molecule has 0 saturated heterocycles. The first-order chi connectivity index (χ1) is 6.97. The number of nitrogens with two attached hydrogens (primary N) is 1. The molecule has 0 radical (unpaired) electrons. The van der Waals surface area contributed by atoms with Crippen molar-refractivity contribution in [2.75, 3.05) is 19.6 Å². The molecule has 0 unspecified atom stereocenters. The van der Waals surface area contributed by atoms with Gasteiger partial charge in [0.1, 0.15) is 5.84 Å². The van der Waals surface area contributed by atoms with Gasteiger partial charge in [-0.25, -0.2) is 4.72 Å². The van der Waals surface area contributed by atoms with Crippen molar-refractivity contribution < 1.29 is 13.6 Å². The maximum Gasteiger partial charge on any atom is 0.279 e. The van der Waals surface area contributed by atoms with Crippen LogP contribution in [0.15, 0.2) is 5.16 Å². The summed E-state index contributed by atoms with van der Waals surface area (Å²) in [5, 5.41) is 11.1. The van der Waals surface area contributed by atoms with Gasteiger partial charge in [-0.3, -0.25) is 0 Å². The van der Waals surface area contributed by atoms with Crippen LogP contribution in [0.25, 0.3) is 0 Å². The van der Waals surface area contributed by atoms with Gasteiger partial charge in [-0.05, 0) is 0 Å². The smallest absolute Gasteiger partial charge is 0.279 e. The van der Waals surface area contributed by atoms with Gasteiger partial charge in [-0.1, -0.05) is 19.0 Å². The second kappa shape index (κ2) is 6.59. The predicted octanol–water partition coefficient (Wildman–Crippen LogP) is -0.701. The van der Waals surface area contributed by atoms with E-state index in [9.17, 15) is 8.42 Å². The van der Waals surface area contributed by atoms with Gasteiger partial charge < -0.3 is 10.9 Å². The Hall–Kier alpha value is -0.860. The summed E-state index contributed by atoms with van der Waals surface area (Å²) in [5.74, 6) is 0.0140. The minimum atomic E-state index is -3.44. The molecule has 0 saturated carbocycles. The Labute approximate surface area is 90.1 Å². The largest absolute Gasteiger partial charge is 0.409 e. The van der Waals surface area contributed by atoms with Crippen LogP contribution in [-0.4, -0.2) is 43.4 Å². The molecule has 15 heavy (non-hydrogen) atoms. The maximum absolute atomic E-state index is 11.5. The van der Waals surface area contributed by atoms with E-state index < -0.39 is 10.2 Å². The van der Waals surface area contributed by atoms with Crippen LogP contribution in [0.3, 0.4) is 0 Å². The molecule has 0 aliphatic carbocycles. The minimum absolute atomic E-state index is 0.0140. The lowest BCUT2D eigenvalue weighted by atomic mass is 10.4. The summed E-state index contributed by atoms with van der Waals surface area (Å²) in [5.41, 5.74) is 5.25. The molecule has 0 aromatic heterocycles. The Kier molecular flexibility index (Phi) is 6.21. The molecule has 0 spiro atoms. The zero-order chi connectivity index (χ0) is 11.9. The summed E-state index contributed by atoms with van der Waals surface area (Å²) in [6.07, 6.45) is 0.203. The lowest BCUT2D eigenvalue weighted by molar-refractivity contribution is 0.315. The Morgan fingerprint density at radius 1 is 1.53 bits per heavy atom. The molecule has 0 rings (SSSR count). The molecule has 0 aromatic carbocycles. The third-order valence-electron chi connectivity index (χ3n) is 1.77. The van der Waals surface area contributed by atoms with Crippen LogP contribution >= 0.6 is 0 Å². The Balaban J connectivity index is 4.37. The van der Waals surface area contributed by atoms with E-state index in [1.807, 2.05) is 0 Å². The molecule has 7 nitrogen and oxygen atoms in total. The van der Waals surface area contributed by atoms with Crippen molar-refractivity contribution in [2.24, 2.45) is 10.9 Å². The molecule has 0 atom stereocenters. The summed E-state index contributed by atoms with van der Waals surface area (Å²) >= 11 is 0. The van der Waals surface area contributed by atoms with Crippen molar-refractivity contribution in [2.45, 2.75) is 20.3 Å². The van der Waals surface area contributed by atoms with E-state index in [2.05, 4.69) is 9.88 Å². The quantitative estimate of drug-likeness (QED) is 0.236. The molecule has 90 valence electrons. The van der Waals surface area contributed by atoms with Gasteiger partial charge in [0.25, 0.3) is 10.2 Å². The van der Waals surface area contributed by atoms with Crippen LogP contribution in [0.2, 0.25) is 0 Å². The molecule has 0 aliphatic heterocycles. The fourth-order valence-corrected chi connectivity index (χ4v) is 2.23. The monoisotopic (exact) mass is 238 g/mol. The number of hydrogen-bond acceptors (Lipinski definition) is 4. The van der Waals surface area contributed by atoms with Gasteiger partial charge in [0.2, 0.25) is 0 Å². The van der Waals surface area contributed by atoms with E-state index in [0.29, 0.717) is 13.1 Å². The fraction of sp³-hybridized carbons (Fsp3) is 0.857. The predicted molar refractivity (Wildman–Crippen MR) is 57.9 cm³/mol. The van der Waals surface area contributed by atoms with Crippen LogP contribution in [-0.2, 0) is 10.2 Å². The van der Waals surface area contributed by atoms with Crippen LogP contribution in [0, 0.1) is 0 Å². The number of rotatable bonds is 7. The summed E-state index contributed by atoms with van der Waals surface area (Å²) < 4.78 is 26.7. The van der Waals surface area contributed by atoms with E-state index in [1.165, 1.54) is 4.31 Å². The third kappa shape index (κ3) is 4.96. The van der Waals surface area contributed by atoms with Gasteiger partial charge in [0, 0.05) is 26.1 Å². The maximum atomic E-state index is 11.5. The van der Waals surface area contributed by atoms with Gasteiger partial charge in [0.15, 0.2) is 0 Å². The molecule has 0 aromatic rings. The minimum Gasteiger partial charge on any atom is -0.409 e. The normalized spacial score (nSPS) is 13.4. The van der Waals surface area contributed by atoms with Crippen molar-refractivity contribution in [1.29, 1.82) is 0 Å². The van der Waals surface area contributed by atoms with Crippen molar-refractivity contribution >= 4 is 16.0 Å². The summed E-state index contributed by atoms with van der Waals surface area (Å²) in [6.45, 7) is 4.30. The van der Waals surface area contributed by atoms with E-state index >= 15 is 0 Å². The molecular weight excluding hydrogens is 220 g/mol. The summed E-state index contributed by atoms with van der Waals surface area (Å²) in [4.78, 5) is 0. The SMILES string of the molecule is CCNS(=O)(=O)N(CC)CCC(N)=NO. The Bertz CT molecular complexity index is 301. The average molecular weight is 238 g/mol. The van der Waals surface area contributed by atoms with Crippen LogP contribution in [0.5, 0.6) is 0 Å². The summed E-state index contributed by atoms with van der Waals surface area (Å²) in [6, 6.07) is 0. The van der Waals surface area contributed by atoms with Gasteiger partial charge in [-0.15, -0.1) is 0 Å². The molecule has 8 heteroatoms. The third-order valence-corrected chi connectivity index (χ3v) is 3.54. The van der Waals surface area contributed by atoms with Crippen molar-refractivity contribution in [1.82, 2.24) is 9.03 Å². The topological polar surface area (TPSA) is 108 Å². The zero-order valence-corrected chi connectivity index (χ0v) is 9.79. The van der Waals surface area contributed by atoms with E-state index in [0.717, 1.165) is 0 Å². The molecule has 0 fully saturated rings. The number of nitrogens with one attached hydrogen (secondary N) is 1. The standard InChI is InChI=1S/C7H18N4O3S/c1-3-9-15(13,14)11(4-2)6-5-7(8)10-12/h9,12H,3-6H2,1-2H3,(H2,8,10). The fourth-order valence-electron chi connectivity index (χ4n) is 1.01. The van der Waals surface area contributed by atoms with Crippen molar-refractivity contribution in [3.8, 4) is 0 Å². The second-order valence-electron chi connectivity index (χ2n) is 2.84. The average Bonchev–Trinajstić information content (AvgIpc) is 2.17. The first-order valence-corrected chi connectivity index (χ1v) is 6.13. The van der Waals surface area contributed by atoms with E-state index in [4.69, 9.17) is 10.9 Å². The van der Waals surface area contributed by atoms with E-state index in [-0.39, 0.29) is 18.8 Å². The molecule has 0 aliphatic rings. The number of nitrogens with zero attached hydrogens (tertiary/aromatic N) is 2. The number of amidine groups is 1. The lowest BCUT2D eigenvalue weighted by Gasteiger charge is -2.19. The van der Waals surface area contributed by atoms with E-state index in [1.54, 1.807) is 13.8 Å². The Morgan fingerprint density at radius 3 is 2.53 bits per heavy atom. The molecular formula is C7H18N4O3S. The van der Waals surface area contributed by atoms with Crippen LogP contribution in [0.1, 0.15) is 20.3 Å². The highest BCUT2D eigenvalue weighted by molar-refractivity contribution is 7.87. The van der Waals surface area contributed by atoms with Crippen LogP contribution in [0.4, 0.5) is 0 Å². The second-order valence-corrected chi connectivity index (χ2v) is 4.59. The molecule has 0 bridgehead atoms. The highest BCUT2D eigenvalue weighted by Gasteiger charge is 2.18. The Morgan fingerprint density at radius 2 is 2.13 bits per heavy atom.